The number of nitrogens with two attached hydrogens (primary N) is 1. The molecule has 0 aliphatic carbocycles. The number of aromatic nitrogens is 2. The quantitative estimate of drug-likeness (QED) is 0.343. The van der Waals surface area contributed by atoms with Gasteiger partial charge in [0.1, 0.15) is 0 Å². The van der Waals surface area contributed by atoms with Crippen LogP contribution in [0.15, 0.2) is 17.5 Å². The Bertz CT molecular complexity index is 434. The van der Waals surface area contributed by atoms with Crippen molar-refractivity contribution in [3.63, 3.8) is 0 Å². The average molecular weight is 235 g/mol. The van der Waals surface area contributed by atoms with E-state index in [9.17, 15) is 0 Å². The standard InChI is InChI=1S/C11H17N5O/c1-7-5-8(2)16(6-7)11-9(10(12)15-17)13-3-4-14-11/h3-4,7-8,17H,5-6H2,1-2H3,(H2,12,15). The molecule has 0 bridgehead atoms. The third kappa shape index (κ3) is 2.15. The number of hydrogen-bond acceptors (Lipinski definition) is 5. The van der Waals surface area contributed by atoms with Gasteiger partial charge < -0.3 is 15.8 Å². The first-order valence-electron chi connectivity index (χ1n) is 5.69. The molecule has 6 heteroatoms. The SMILES string of the molecule is CC1CC(C)N(c2nccnc2C(N)=NO)C1. The topological polar surface area (TPSA) is 87.6 Å². The van der Waals surface area contributed by atoms with Gasteiger partial charge in [-0.25, -0.2) is 9.97 Å². The lowest BCUT2D eigenvalue weighted by Gasteiger charge is -2.23. The molecule has 0 radical (unpaired) electrons. The highest BCUT2D eigenvalue weighted by molar-refractivity contribution is 5.99. The number of rotatable bonds is 2. The van der Waals surface area contributed by atoms with E-state index in [4.69, 9.17) is 10.9 Å². The van der Waals surface area contributed by atoms with Gasteiger partial charge in [-0.2, -0.15) is 0 Å². The largest absolute Gasteiger partial charge is 0.409 e. The fraction of sp³-hybridized carbons (Fsp3) is 0.545. The summed E-state index contributed by atoms with van der Waals surface area (Å²) in [5, 5.41) is 11.8. The molecule has 1 aliphatic rings. The van der Waals surface area contributed by atoms with Crippen molar-refractivity contribution >= 4 is 11.7 Å². The number of amidine groups is 1. The molecule has 2 heterocycles. The predicted octanol–water partition coefficient (Wildman–Crippen LogP) is 0.806. The van der Waals surface area contributed by atoms with Gasteiger partial charge in [-0.1, -0.05) is 12.1 Å². The van der Waals surface area contributed by atoms with Crippen LogP contribution >= 0.6 is 0 Å². The Morgan fingerprint density at radius 2 is 2.18 bits per heavy atom. The summed E-state index contributed by atoms with van der Waals surface area (Å²) >= 11 is 0. The van der Waals surface area contributed by atoms with Crippen LogP contribution in [0.3, 0.4) is 0 Å². The molecule has 92 valence electrons. The highest BCUT2D eigenvalue weighted by atomic mass is 16.4. The molecular formula is C11H17N5O. The predicted molar refractivity (Wildman–Crippen MR) is 65.1 cm³/mol. The lowest BCUT2D eigenvalue weighted by atomic mass is 10.1. The van der Waals surface area contributed by atoms with Gasteiger partial charge >= 0.3 is 0 Å². The number of oxime groups is 1. The summed E-state index contributed by atoms with van der Waals surface area (Å²) in [6.45, 7) is 5.27. The highest BCUT2D eigenvalue weighted by Crippen LogP contribution is 2.28. The lowest BCUT2D eigenvalue weighted by molar-refractivity contribution is 0.318. The molecule has 1 fully saturated rings. The molecule has 0 saturated carbocycles. The maximum atomic E-state index is 8.75. The maximum Gasteiger partial charge on any atom is 0.192 e. The molecule has 6 nitrogen and oxygen atoms in total. The molecule has 0 aromatic carbocycles. The van der Waals surface area contributed by atoms with Crippen molar-refractivity contribution in [2.24, 2.45) is 16.8 Å². The van der Waals surface area contributed by atoms with Gasteiger partial charge in [0.15, 0.2) is 17.3 Å². The lowest BCUT2D eigenvalue weighted by Crippen LogP contribution is -2.31. The summed E-state index contributed by atoms with van der Waals surface area (Å²) in [6, 6.07) is 0.395. The van der Waals surface area contributed by atoms with E-state index in [0.29, 0.717) is 23.5 Å². The van der Waals surface area contributed by atoms with Crippen LogP contribution in [0.2, 0.25) is 0 Å². The van der Waals surface area contributed by atoms with Crippen molar-refractivity contribution in [1.29, 1.82) is 0 Å². The fourth-order valence-electron chi connectivity index (χ4n) is 2.36. The van der Waals surface area contributed by atoms with Crippen LogP contribution in [0, 0.1) is 5.92 Å². The third-order valence-corrected chi connectivity index (χ3v) is 3.09. The molecule has 2 rings (SSSR count). The molecular weight excluding hydrogens is 218 g/mol. The van der Waals surface area contributed by atoms with Gasteiger partial charge in [-0.05, 0) is 19.3 Å². The average Bonchev–Trinajstić information content (AvgIpc) is 2.67. The van der Waals surface area contributed by atoms with Crippen LogP contribution in [-0.2, 0) is 0 Å². The second-order valence-electron chi connectivity index (χ2n) is 4.56. The van der Waals surface area contributed by atoms with Crippen molar-refractivity contribution < 1.29 is 5.21 Å². The van der Waals surface area contributed by atoms with Gasteiger partial charge in [0.25, 0.3) is 0 Å². The van der Waals surface area contributed by atoms with Crippen LogP contribution in [0.4, 0.5) is 5.82 Å². The van der Waals surface area contributed by atoms with Crippen LogP contribution in [-0.4, -0.2) is 33.6 Å². The normalized spacial score (nSPS) is 25.3. The Morgan fingerprint density at radius 1 is 1.47 bits per heavy atom. The zero-order chi connectivity index (χ0) is 12.4. The van der Waals surface area contributed by atoms with E-state index >= 15 is 0 Å². The molecule has 0 spiro atoms. The first-order valence-corrected chi connectivity index (χ1v) is 5.69. The fourth-order valence-corrected chi connectivity index (χ4v) is 2.36. The number of anilines is 1. The monoisotopic (exact) mass is 235 g/mol. The van der Waals surface area contributed by atoms with Crippen molar-refractivity contribution in [3.8, 4) is 0 Å². The van der Waals surface area contributed by atoms with Crippen molar-refractivity contribution in [2.75, 3.05) is 11.4 Å². The van der Waals surface area contributed by atoms with Gasteiger partial charge in [-0.3, -0.25) is 0 Å². The second-order valence-corrected chi connectivity index (χ2v) is 4.56. The van der Waals surface area contributed by atoms with E-state index in [0.717, 1.165) is 13.0 Å². The van der Waals surface area contributed by atoms with Crippen molar-refractivity contribution in [3.05, 3.63) is 18.1 Å². The third-order valence-electron chi connectivity index (χ3n) is 3.09. The van der Waals surface area contributed by atoms with E-state index < -0.39 is 0 Å². The minimum Gasteiger partial charge on any atom is -0.409 e. The van der Waals surface area contributed by atoms with Gasteiger partial charge in [-0.15, -0.1) is 0 Å². The second kappa shape index (κ2) is 4.57. The zero-order valence-electron chi connectivity index (χ0n) is 10.0. The molecule has 3 N–H and O–H groups in total. The summed E-state index contributed by atoms with van der Waals surface area (Å²) in [4.78, 5) is 10.6. The summed E-state index contributed by atoms with van der Waals surface area (Å²) < 4.78 is 0. The molecule has 1 aliphatic heterocycles. The Kier molecular flexibility index (Phi) is 3.12. The molecule has 1 saturated heterocycles. The number of hydrogen-bond donors (Lipinski definition) is 2. The van der Waals surface area contributed by atoms with E-state index in [1.165, 1.54) is 0 Å². The zero-order valence-corrected chi connectivity index (χ0v) is 10.0. The molecule has 1 aromatic heterocycles. The van der Waals surface area contributed by atoms with Gasteiger partial charge in [0.05, 0.1) is 0 Å². The Balaban J connectivity index is 2.39. The van der Waals surface area contributed by atoms with Crippen LogP contribution in [0.1, 0.15) is 26.0 Å². The first-order chi connectivity index (χ1) is 8.13. The first kappa shape index (κ1) is 11.6. The van der Waals surface area contributed by atoms with Crippen LogP contribution in [0.5, 0.6) is 0 Å². The number of nitrogens with zero attached hydrogens (tertiary/aromatic N) is 4. The van der Waals surface area contributed by atoms with Gasteiger partial charge in [0, 0.05) is 25.0 Å². The summed E-state index contributed by atoms with van der Waals surface area (Å²) in [7, 11) is 0. The van der Waals surface area contributed by atoms with Gasteiger partial charge in [0.2, 0.25) is 0 Å². The molecule has 1 aromatic rings. The minimum absolute atomic E-state index is 0.000136. The van der Waals surface area contributed by atoms with E-state index in [2.05, 4.69) is 33.9 Å². The minimum atomic E-state index is -0.000136. The molecule has 2 atom stereocenters. The molecule has 0 amide bonds. The van der Waals surface area contributed by atoms with E-state index in [-0.39, 0.29) is 5.84 Å². The van der Waals surface area contributed by atoms with E-state index in [1.807, 2.05) is 0 Å². The Morgan fingerprint density at radius 3 is 2.76 bits per heavy atom. The van der Waals surface area contributed by atoms with Crippen LogP contribution in [0.25, 0.3) is 0 Å². The smallest absolute Gasteiger partial charge is 0.192 e. The summed E-state index contributed by atoms with van der Waals surface area (Å²) in [5.74, 6) is 1.31. The van der Waals surface area contributed by atoms with Crippen molar-refractivity contribution in [1.82, 2.24) is 9.97 Å². The summed E-state index contributed by atoms with van der Waals surface area (Å²) in [5.41, 5.74) is 6.05. The Hall–Kier alpha value is -1.85. The maximum absolute atomic E-state index is 8.75. The van der Waals surface area contributed by atoms with Crippen molar-refractivity contribution in [2.45, 2.75) is 26.3 Å². The summed E-state index contributed by atoms with van der Waals surface area (Å²) in [6.07, 6.45) is 4.28. The Labute approximate surface area is 100 Å². The van der Waals surface area contributed by atoms with Crippen LogP contribution < -0.4 is 10.6 Å². The van der Waals surface area contributed by atoms with E-state index in [1.54, 1.807) is 12.4 Å². The highest BCUT2D eigenvalue weighted by Gasteiger charge is 2.29. The molecule has 17 heavy (non-hydrogen) atoms. The molecule has 2 unspecified atom stereocenters.